The molecule has 0 bridgehead atoms. The lowest BCUT2D eigenvalue weighted by atomic mass is 10.1. The SMILES string of the molecule is CC[C@@H](C)N(C(=O)CSc1nnc(Nc2ccccc2F)s1)[C@H](C)CC. The second kappa shape index (κ2) is 9.87. The van der Waals surface area contributed by atoms with Crippen LogP contribution in [0.4, 0.5) is 15.2 Å². The molecule has 0 unspecified atom stereocenters. The van der Waals surface area contributed by atoms with Crippen LogP contribution >= 0.6 is 23.1 Å². The van der Waals surface area contributed by atoms with Gasteiger partial charge in [-0.2, -0.15) is 0 Å². The Bertz CT molecular complexity index is 715. The second-order valence-corrected chi connectivity index (χ2v) is 8.28. The maximum Gasteiger partial charge on any atom is 0.233 e. The quantitative estimate of drug-likeness (QED) is 0.609. The molecule has 142 valence electrons. The molecule has 2 rings (SSSR count). The minimum atomic E-state index is -0.343. The first-order valence-corrected chi connectivity index (χ1v) is 10.5. The van der Waals surface area contributed by atoms with Crippen molar-refractivity contribution >= 4 is 39.8 Å². The predicted molar refractivity (Wildman–Crippen MR) is 107 cm³/mol. The zero-order chi connectivity index (χ0) is 19.1. The van der Waals surface area contributed by atoms with E-state index >= 15 is 0 Å². The fraction of sp³-hybridized carbons (Fsp3) is 0.500. The van der Waals surface area contributed by atoms with Gasteiger partial charge in [-0.1, -0.05) is 49.1 Å². The van der Waals surface area contributed by atoms with Gasteiger partial charge in [-0.25, -0.2) is 4.39 Å². The molecule has 1 aromatic carbocycles. The monoisotopic (exact) mass is 396 g/mol. The molecule has 26 heavy (non-hydrogen) atoms. The van der Waals surface area contributed by atoms with Crippen molar-refractivity contribution in [2.24, 2.45) is 0 Å². The molecule has 0 aliphatic heterocycles. The molecule has 1 heterocycles. The lowest BCUT2D eigenvalue weighted by Gasteiger charge is -2.33. The van der Waals surface area contributed by atoms with E-state index in [4.69, 9.17) is 0 Å². The minimum absolute atomic E-state index is 0.109. The highest BCUT2D eigenvalue weighted by Gasteiger charge is 2.23. The van der Waals surface area contributed by atoms with Crippen LogP contribution in [0.5, 0.6) is 0 Å². The van der Waals surface area contributed by atoms with Gasteiger partial charge >= 0.3 is 0 Å². The highest BCUT2D eigenvalue weighted by molar-refractivity contribution is 8.01. The summed E-state index contributed by atoms with van der Waals surface area (Å²) in [7, 11) is 0. The minimum Gasteiger partial charge on any atom is -0.337 e. The summed E-state index contributed by atoms with van der Waals surface area (Å²) in [5.74, 6) is 0.0885. The molecule has 0 saturated carbocycles. The van der Waals surface area contributed by atoms with Crippen LogP contribution in [0, 0.1) is 5.82 Å². The van der Waals surface area contributed by atoms with Crippen LogP contribution in [-0.4, -0.2) is 38.8 Å². The average Bonchev–Trinajstić information content (AvgIpc) is 3.09. The Morgan fingerprint density at radius 3 is 2.50 bits per heavy atom. The van der Waals surface area contributed by atoms with Gasteiger partial charge in [0.1, 0.15) is 5.82 Å². The number of nitrogens with one attached hydrogen (secondary N) is 1. The molecule has 0 fully saturated rings. The molecule has 8 heteroatoms. The Kier molecular flexibility index (Phi) is 7.84. The van der Waals surface area contributed by atoms with Gasteiger partial charge in [0.05, 0.1) is 11.4 Å². The number of aromatic nitrogens is 2. The highest BCUT2D eigenvalue weighted by atomic mass is 32.2. The van der Waals surface area contributed by atoms with Crippen molar-refractivity contribution in [2.75, 3.05) is 11.1 Å². The summed E-state index contributed by atoms with van der Waals surface area (Å²) in [5.41, 5.74) is 0.357. The van der Waals surface area contributed by atoms with Gasteiger partial charge in [0, 0.05) is 12.1 Å². The predicted octanol–water partition coefficient (Wildman–Crippen LogP) is 4.94. The largest absolute Gasteiger partial charge is 0.337 e. The second-order valence-electron chi connectivity index (χ2n) is 6.08. The Balaban J connectivity index is 1.96. The molecular formula is C18H25FN4OS2. The number of anilines is 2. The van der Waals surface area contributed by atoms with Crippen molar-refractivity contribution in [1.29, 1.82) is 0 Å². The molecule has 2 atom stereocenters. The standard InChI is InChI=1S/C18H25FN4OS2/c1-5-12(3)23(13(4)6-2)16(24)11-25-18-22-21-17(26-18)20-15-10-8-7-9-14(15)19/h7-10,12-13H,5-6,11H2,1-4H3,(H,20,21)/t12-,13-/m1/s1. The van der Waals surface area contributed by atoms with Gasteiger partial charge in [-0.15, -0.1) is 10.2 Å². The number of carbonyl (C=O) groups is 1. The number of carbonyl (C=O) groups excluding carboxylic acids is 1. The third-order valence-electron chi connectivity index (χ3n) is 4.26. The third kappa shape index (κ3) is 5.41. The first kappa shape index (κ1) is 20.6. The number of hydrogen-bond acceptors (Lipinski definition) is 6. The van der Waals surface area contributed by atoms with E-state index < -0.39 is 0 Å². The van der Waals surface area contributed by atoms with Crippen LogP contribution in [0.2, 0.25) is 0 Å². The number of halogens is 1. The van der Waals surface area contributed by atoms with E-state index in [2.05, 4.69) is 43.2 Å². The van der Waals surface area contributed by atoms with Crippen LogP contribution in [0.25, 0.3) is 0 Å². The van der Waals surface area contributed by atoms with Crippen LogP contribution in [0.15, 0.2) is 28.6 Å². The Hall–Kier alpha value is -1.67. The number of benzene rings is 1. The van der Waals surface area contributed by atoms with E-state index in [1.54, 1.807) is 18.2 Å². The van der Waals surface area contributed by atoms with Gasteiger partial charge in [-0.05, 0) is 38.8 Å². The summed E-state index contributed by atoms with van der Waals surface area (Å²) in [4.78, 5) is 14.6. The molecule has 1 amide bonds. The molecular weight excluding hydrogens is 371 g/mol. The highest BCUT2D eigenvalue weighted by Crippen LogP contribution is 2.29. The van der Waals surface area contributed by atoms with Crippen LogP contribution in [-0.2, 0) is 4.79 Å². The molecule has 0 aliphatic carbocycles. The number of rotatable bonds is 9. The van der Waals surface area contributed by atoms with Crippen LogP contribution in [0.1, 0.15) is 40.5 Å². The number of para-hydroxylation sites is 1. The summed E-state index contributed by atoms with van der Waals surface area (Å²) >= 11 is 2.68. The number of nitrogens with zero attached hydrogens (tertiary/aromatic N) is 3. The average molecular weight is 397 g/mol. The van der Waals surface area contributed by atoms with Gasteiger partial charge in [-0.3, -0.25) is 4.79 Å². The van der Waals surface area contributed by atoms with Crippen LogP contribution < -0.4 is 5.32 Å². The molecule has 1 N–H and O–H groups in total. The number of thioether (sulfide) groups is 1. The van der Waals surface area contributed by atoms with Crippen molar-refractivity contribution in [3.05, 3.63) is 30.1 Å². The molecule has 0 radical (unpaired) electrons. The van der Waals surface area contributed by atoms with Gasteiger partial charge in [0.15, 0.2) is 4.34 Å². The van der Waals surface area contributed by atoms with Crippen molar-refractivity contribution in [3.63, 3.8) is 0 Å². The maximum absolute atomic E-state index is 13.7. The van der Waals surface area contributed by atoms with Gasteiger partial charge in [0.2, 0.25) is 11.0 Å². The fourth-order valence-electron chi connectivity index (χ4n) is 2.51. The summed E-state index contributed by atoms with van der Waals surface area (Å²) in [6.07, 6.45) is 1.85. The molecule has 5 nitrogen and oxygen atoms in total. The van der Waals surface area contributed by atoms with Crippen molar-refractivity contribution in [2.45, 2.75) is 57.0 Å². The van der Waals surface area contributed by atoms with Crippen molar-refractivity contribution in [1.82, 2.24) is 15.1 Å². The maximum atomic E-state index is 13.7. The normalized spacial score (nSPS) is 13.3. The number of amides is 1. The summed E-state index contributed by atoms with van der Waals surface area (Å²) in [6, 6.07) is 6.84. The Labute approximate surface area is 162 Å². The Morgan fingerprint density at radius 2 is 1.88 bits per heavy atom. The van der Waals surface area contributed by atoms with E-state index in [0.717, 1.165) is 12.8 Å². The van der Waals surface area contributed by atoms with E-state index in [-0.39, 0.29) is 23.8 Å². The topological polar surface area (TPSA) is 58.1 Å². The fourth-order valence-corrected chi connectivity index (χ4v) is 4.15. The zero-order valence-corrected chi connectivity index (χ0v) is 17.2. The summed E-state index contributed by atoms with van der Waals surface area (Å²) < 4.78 is 14.4. The van der Waals surface area contributed by atoms with Crippen molar-refractivity contribution < 1.29 is 9.18 Å². The third-order valence-corrected chi connectivity index (χ3v) is 6.22. The summed E-state index contributed by atoms with van der Waals surface area (Å²) in [6.45, 7) is 8.34. The van der Waals surface area contributed by atoms with Gasteiger partial charge < -0.3 is 10.2 Å². The zero-order valence-electron chi connectivity index (χ0n) is 15.5. The lowest BCUT2D eigenvalue weighted by molar-refractivity contribution is -0.132. The smallest absolute Gasteiger partial charge is 0.233 e. The van der Waals surface area contributed by atoms with Gasteiger partial charge in [0.25, 0.3) is 0 Å². The first-order valence-electron chi connectivity index (χ1n) is 8.75. The summed E-state index contributed by atoms with van der Waals surface area (Å²) in [5, 5.41) is 11.5. The molecule has 0 saturated heterocycles. The van der Waals surface area contributed by atoms with E-state index in [1.807, 2.05) is 4.90 Å². The van der Waals surface area contributed by atoms with Crippen molar-refractivity contribution in [3.8, 4) is 0 Å². The van der Waals surface area contributed by atoms with E-state index in [1.165, 1.54) is 29.2 Å². The van der Waals surface area contributed by atoms with Crippen LogP contribution in [0.3, 0.4) is 0 Å². The first-order chi connectivity index (χ1) is 12.5. The number of hydrogen-bond donors (Lipinski definition) is 1. The lowest BCUT2D eigenvalue weighted by Crippen LogP contribution is -2.45. The Morgan fingerprint density at radius 1 is 1.23 bits per heavy atom. The van der Waals surface area contributed by atoms with E-state index in [0.29, 0.717) is 20.9 Å². The molecule has 2 aromatic rings. The molecule has 0 spiro atoms. The molecule has 0 aliphatic rings. The van der Waals surface area contributed by atoms with E-state index in [9.17, 15) is 9.18 Å². The molecule has 1 aromatic heterocycles.